The lowest BCUT2D eigenvalue weighted by atomic mass is 9.93. The van der Waals surface area contributed by atoms with Crippen molar-refractivity contribution in [2.75, 3.05) is 5.75 Å². The monoisotopic (exact) mass is 553 g/mol. The van der Waals surface area contributed by atoms with Gasteiger partial charge in [0.2, 0.25) is 0 Å². The Morgan fingerprint density at radius 1 is 1.03 bits per heavy atom. The van der Waals surface area contributed by atoms with E-state index in [0.29, 0.717) is 41.2 Å². The maximum atomic E-state index is 13.0. The van der Waals surface area contributed by atoms with Crippen LogP contribution in [0.2, 0.25) is 0 Å². The van der Waals surface area contributed by atoms with Gasteiger partial charge in [0.1, 0.15) is 0 Å². The van der Waals surface area contributed by atoms with E-state index in [1.807, 2.05) is 48.5 Å². The zero-order valence-corrected chi connectivity index (χ0v) is 21.9. The van der Waals surface area contributed by atoms with Crippen molar-refractivity contribution in [3.05, 3.63) is 101 Å². The van der Waals surface area contributed by atoms with Crippen molar-refractivity contribution < 1.29 is 32.7 Å². The first-order valence-corrected chi connectivity index (χ1v) is 13.6. The zero-order chi connectivity index (χ0) is 27.8. The van der Waals surface area contributed by atoms with E-state index in [4.69, 9.17) is 4.52 Å². The molecule has 39 heavy (non-hydrogen) atoms. The van der Waals surface area contributed by atoms with Gasteiger partial charge in [0.05, 0.1) is 28.3 Å². The Kier molecular flexibility index (Phi) is 7.31. The minimum absolute atomic E-state index is 0.258. The van der Waals surface area contributed by atoms with Gasteiger partial charge in [-0.15, -0.1) is 0 Å². The van der Waals surface area contributed by atoms with E-state index in [2.05, 4.69) is 5.16 Å². The van der Waals surface area contributed by atoms with Crippen molar-refractivity contribution in [2.24, 2.45) is 0 Å². The standard InChI is InChI=1S/C30H26F3NO4S/c1-18-26(25(35)17-39-16-19-3-2-4-24(15-19)30(31,32)33)27(38-34-18)22-7-5-20(6-8-22)21-9-11-23(12-10-21)29(13-14-29)28(36)37/h2-12,15,25,35H,13-14,16-17H2,1H3,(H,36,37). The molecule has 1 heterocycles. The number of aliphatic carboxylic acids is 1. The third kappa shape index (κ3) is 5.60. The quantitative estimate of drug-likeness (QED) is 0.224. The molecule has 1 atom stereocenters. The van der Waals surface area contributed by atoms with Crippen LogP contribution in [0.25, 0.3) is 22.5 Å². The van der Waals surface area contributed by atoms with Crippen molar-refractivity contribution in [3.8, 4) is 22.5 Å². The summed E-state index contributed by atoms with van der Waals surface area (Å²) in [5.74, 6) is 0.239. The van der Waals surface area contributed by atoms with E-state index in [-0.39, 0.29) is 5.75 Å². The Morgan fingerprint density at radius 3 is 2.23 bits per heavy atom. The number of carboxylic acid groups (broad SMARTS) is 1. The molecule has 1 aliphatic carbocycles. The first-order valence-electron chi connectivity index (χ1n) is 12.4. The van der Waals surface area contributed by atoms with Crippen LogP contribution in [0, 0.1) is 6.92 Å². The number of hydrogen-bond acceptors (Lipinski definition) is 5. The van der Waals surface area contributed by atoms with Crippen LogP contribution in [-0.4, -0.2) is 27.1 Å². The summed E-state index contributed by atoms with van der Waals surface area (Å²) in [6, 6.07) is 20.3. The molecule has 0 radical (unpaired) electrons. The first kappa shape index (κ1) is 27.0. The molecular weight excluding hydrogens is 527 g/mol. The average molecular weight is 554 g/mol. The summed E-state index contributed by atoms with van der Waals surface area (Å²) in [4.78, 5) is 11.6. The van der Waals surface area contributed by atoms with E-state index in [0.717, 1.165) is 34.4 Å². The van der Waals surface area contributed by atoms with Crippen molar-refractivity contribution >= 4 is 17.7 Å². The van der Waals surface area contributed by atoms with Crippen LogP contribution < -0.4 is 0 Å². The number of aromatic nitrogens is 1. The molecule has 2 N–H and O–H groups in total. The lowest BCUT2D eigenvalue weighted by molar-refractivity contribution is -0.140. The summed E-state index contributed by atoms with van der Waals surface area (Å²) in [7, 11) is 0. The number of hydrogen-bond donors (Lipinski definition) is 2. The molecule has 1 fully saturated rings. The van der Waals surface area contributed by atoms with Gasteiger partial charge in [-0.05, 0) is 48.1 Å². The molecular formula is C30H26F3NO4S. The van der Waals surface area contributed by atoms with Crippen LogP contribution in [0.4, 0.5) is 13.2 Å². The van der Waals surface area contributed by atoms with Crippen LogP contribution in [0.5, 0.6) is 0 Å². The maximum absolute atomic E-state index is 13.0. The number of carbonyl (C=O) groups is 1. The molecule has 0 bridgehead atoms. The van der Waals surface area contributed by atoms with E-state index in [9.17, 15) is 28.2 Å². The second-order valence-electron chi connectivity index (χ2n) is 9.78. The second kappa shape index (κ2) is 10.5. The molecule has 9 heteroatoms. The highest BCUT2D eigenvalue weighted by molar-refractivity contribution is 7.98. The highest BCUT2D eigenvalue weighted by atomic mass is 32.2. The minimum Gasteiger partial charge on any atom is -0.481 e. The molecule has 202 valence electrons. The van der Waals surface area contributed by atoms with Crippen LogP contribution in [0.15, 0.2) is 77.3 Å². The fourth-order valence-corrected chi connectivity index (χ4v) is 5.66. The number of alkyl halides is 3. The Balaban J connectivity index is 1.26. The molecule has 1 aliphatic rings. The van der Waals surface area contributed by atoms with Gasteiger partial charge in [0, 0.05) is 17.1 Å². The molecule has 5 rings (SSSR count). The van der Waals surface area contributed by atoms with Gasteiger partial charge in [0.15, 0.2) is 5.76 Å². The molecule has 1 saturated carbocycles. The topological polar surface area (TPSA) is 83.6 Å². The number of aryl methyl sites for hydroxylation is 1. The van der Waals surface area contributed by atoms with Crippen molar-refractivity contribution in [3.63, 3.8) is 0 Å². The third-order valence-corrected chi connectivity index (χ3v) is 8.21. The van der Waals surface area contributed by atoms with Crippen LogP contribution >= 0.6 is 11.8 Å². The summed E-state index contributed by atoms with van der Waals surface area (Å²) in [6.45, 7) is 1.74. The summed E-state index contributed by atoms with van der Waals surface area (Å²) in [5.41, 5.74) is 3.64. The number of carboxylic acids is 1. The molecule has 5 nitrogen and oxygen atoms in total. The highest BCUT2D eigenvalue weighted by Crippen LogP contribution is 2.48. The third-order valence-electron chi connectivity index (χ3n) is 7.12. The Hall–Kier alpha value is -3.56. The van der Waals surface area contributed by atoms with Gasteiger partial charge >= 0.3 is 12.1 Å². The first-order chi connectivity index (χ1) is 18.6. The summed E-state index contributed by atoms with van der Waals surface area (Å²) < 4.78 is 44.5. The second-order valence-corrected chi connectivity index (χ2v) is 10.8. The molecule has 0 spiro atoms. The van der Waals surface area contributed by atoms with Crippen molar-refractivity contribution in [1.82, 2.24) is 5.16 Å². The number of aliphatic hydroxyl groups is 1. The van der Waals surface area contributed by atoms with Crippen LogP contribution in [0.1, 0.15) is 46.9 Å². The Morgan fingerprint density at radius 2 is 1.64 bits per heavy atom. The summed E-state index contributed by atoms with van der Waals surface area (Å²) >= 11 is 1.33. The summed E-state index contributed by atoms with van der Waals surface area (Å²) in [5, 5.41) is 24.5. The van der Waals surface area contributed by atoms with Gasteiger partial charge < -0.3 is 14.7 Å². The van der Waals surface area contributed by atoms with E-state index in [1.54, 1.807) is 13.0 Å². The lowest BCUT2D eigenvalue weighted by Gasteiger charge is -2.13. The number of aliphatic hydroxyl groups excluding tert-OH is 1. The van der Waals surface area contributed by atoms with Gasteiger partial charge in [-0.1, -0.05) is 71.9 Å². The molecule has 1 aromatic heterocycles. The van der Waals surface area contributed by atoms with Crippen LogP contribution in [0.3, 0.4) is 0 Å². The Labute approximate surface area is 227 Å². The van der Waals surface area contributed by atoms with Gasteiger partial charge in [-0.2, -0.15) is 24.9 Å². The van der Waals surface area contributed by atoms with E-state index in [1.165, 1.54) is 17.8 Å². The summed E-state index contributed by atoms with van der Waals surface area (Å²) in [6.07, 6.45) is -4.00. The maximum Gasteiger partial charge on any atom is 0.416 e. The molecule has 4 aromatic rings. The molecule has 3 aromatic carbocycles. The van der Waals surface area contributed by atoms with Crippen LogP contribution in [-0.2, 0) is 22.1 Å². The fraction of sp³-hybridized carbons (Fsp3) is 0.267. The van der Waals surface area contributed by atoms with Gasteiger partial charge in [-0.3, -0.25) is 4.79 Å². The molecule has 1 unspecified atom stereocenters. The largest absolute Gasteiger partial charge is 0.481 e. The predicted molar refractivity (Wildman–Crippen MR) is 143 cm³/mol. The predicted octanol–water partition coefficient (Wildman–Crippen LogP) is 7.42. The minimum atomic E-state index is -4.40. The molecule has 0 saturated heterocycles. The average Bonchev–Trinajstić information content (AvgIpc) is 3.65. The molecule has 0 amide bonds. The Bertz CT molecular complexity index is 1480. The zero-order valence-electron chi connectivity index (χ0n) is 21.0. The normalized spacial score (nSPS) is 15.2. The van der Waals surface area contributed by atoms with E-state index < -0.39 is 29.2 Å². The van der Waals surface area contributed by atoms with Crippen molar-refractivity contribution in [1.29, 1.82) is 0 Å². The number of benzene rings is 3. The van der Waals surface area contributed by atoms with Gasteiger partial charge in [-0.25, -0.2) is 0 Å². The number of thioether (sulfide) groups is 1. The highest BCUT2D eigenvalue weighted by Gasteiger charge is 2.51. The van der Waals surface area contributed by atoms with Gasteiger partial charge in [0.25, 0.3) is 0 Å². The number of halogens is 3. The van der Waals surface area contributed by atoms with E-state index >= 15 is 0 Å². The lowest BCUT2D eigenvalue weighted by Crippen LogP contribution is -2.19. The van der Waals surface area contributed by atoms with Crippen molar-refractivity contribution in [2.45, 2.75) is 43.2 Å². The molecule has 0 aliphatic heterocycles. The fourth-order valence-electron chi connectivity index (χ4n) is 4.73. The number of rotatable bonds is 9. The SMILES string of the molecule is Cc1noc(-c2ccc(-c3ccc(C4(C(=O)O)CC4)cc3)cc2)c1C(O)CSCc1cccc(C(F)(F)F)c1. The number of nitrogens with zero attached hydrogens (tertiary/aromatic N) is 1. The smallest absolute Gasteiger partial charge is 0.416 e.